The molecule has 0 saturated carbocycles. The molecule has 1 atom stereocenters. The normalized spacial score (nSPS) is 20.6. The van der Waals surface area contributed by atoms with Crippen LogP contribution in [0.25, 0.3) is 0 Å². The van der Waals surface area contributed by atoms with E-state index in [1.807, 2.05) is 24.3 Å². The Hall–Kier alpha value is -3.72. The average Bonchev–Trinajstić information content (AvgIpc) is 3.00. The van der Waals surface area contributed by atoms with Gasteiger partial charge < -0.3 is 15.4 Å². The number of imide groups is 2. The Bertz CT molecular complexity index is 1130. The Kier molecular flexibility index (Phi) is 5.10. The van der Waals surface area contributed by atoms with Crippen molar-refractivity contribution < 1.29 is 23.9 Å². The molecule has 9 heteroatoms. The van der Waals surface area contributed by atoms with Gasteiger partial charge in [-0.15, -0.1) is 0 Å². The SMILES string of the molecule is O=C1CCC(N2C(=O)c3ccc(CNc4ccccc4OC4CNC4)cc3C2=O)C(=O)N1. The van der Waals surface area contributed by atoms with Crippen LogP contribution in [0.15, 0.2) is 42.5 Å². The van der Waals surface area contributed by atoms with E-state index in [-0.39, 0.29) is 30.1 Å². The number of para-hydroxylation sites is 2. The number of amides is 4. The molecule has 0 bridgehead atoms. The number of benzene rings is 2. The molecule has 164 valence electrons. The highest BCUT2D eigenvalue weighted by molar-refractivity contribution is 6.23. The van der Waals surface area contributed by atoms with E-state index in [1.54, 1.807) is 18.2 Å². The monoisotopic (exact) mass is 434 g/mol. The van der Waals surface area contributed by atoms with Gasteiger partial charge in [-0.05, 0) is 36.2 Å². The third kappa shape index (κ3) is 3.60. The van der Waals surface area contributed by atoms with Crippen molar-refractivity contribution in [2.75, 3.05) is 18.4 Å². The van der Waals surface area contributed by atoms with Gasteiger partial charge in [-0.1, -0.05) is 18.2 Å². The number of nitrogens with zero attached hydrogens (tertiary/aromatic N) is 1. The lowest BCUT2D eigenvalue weighted by atomic mass is 10.0. The Morgan fingerprint density at radius 2 is 1.78 bits per heavy atom. The summed E-state index contributed by atoms with van der Waals surface area (Å²) in [6.07, 6.45) is 0.384. The molecule has 3 N–H and O–H groups in total. The van der Waals surface area contributed by atoms with E-state index in [0.717, 1.165) is 35.0 Å². The first-order chi connectivity index (χ1) is 15.5. The zero-order valence-corrected chi connectivity index (χ0v) is 17.2. The summed E-state index contributed by atoms with van der Waals surface area (Å²) in [5.41, 5.74) is 2.19. The summed E-state index contributed by atoms with van der Waals surface area (Å²) in [5.74, 6) is -1.27. The van der Waals surface area contributed by atoms with Gasteiger partial charge in [-0.25, -0.2) is 0 Å². The van der Waals surface area contributed by atoms with Crippen LogP contribution in [0.4, 0.5) is 5.69 Å². The second kappa shape index (κ2) is 8.08. The van der Waals surface area contributed by atoms with E-state index in [1.165, 1.54) is 0 Å². The van der Waals surface area contributed by atoms with Crippen LogP contribution in [0.5, 0.6) is 5.75 Å². The van der Waals surface area contributed by atoms with E-state index in [4.69, 9.17) is 4.74 Å². The van der Waals surface area contributed by atoms with Crippen molar-refractivity contribution in [1.82, 2.24) is 15.5 Å². The van der Waals surface area contributed by atoms with Crippen LogP contribution in [-0.2, 0) is 16.1 Å². The lowest BCUT2D eigenvalue weighted by Gasteiger charge is -2.28. The number of piperidine rings is 1. The van der Waals surface area contributed by atoms with Gasteiger partial charge in [0, 0.05) is 26.1 Å². The van der Waals surface area contributed by atoms with Crippen LogP contribution < -0.4 is 20.7 Å². The minimum absolute atomic E-state index is 0.0946. The van der Waals surface area contributed by atoms with E-state index < -0.39 is 29.7 Å². The zero-order valence-electron chi connectivity index (χ0n) is 17.2. The largest absolute Gasteiger partial charge is 0.486 e. The molecule has 32 heavy (non-hydrogen) atoms. The molecule has 2 fully saturated rings. The summed E-state index contributed by atoms with van der Waals surface area (Å²) in [5, 5.41) is 8.70. The molecule has 1 unspecified atom stereocenters. The van der Waals surface area contributed by atoms with E-state index >= 15 is 0 Å². The van der Waals surface area contributed by atoms with Crippen molar-refractivity contribution in [2.45, 2.75) is 31.5 Å². The van der Waals surface area contributed by atoms with Crippen molar-refractivity contribution in [3.63, 3.8) is 0 Å². The molecule has 0 radical (unpaired) electrons. The van der Waals surface area contributed by atoms with Gasteiger partial charge in [0.2, 0.25) is 11.8 Å². The smallest absolute Gasteiger partial charge is 0.262 e. The van der Waals surface area contributed by atoms with Crippen LogP contribution in [0.3, 0.4) is 0 Å². The molecule has 5 rings (SSSR count). The fourth-order valence-electron chi connectivity index (χ4n) is 4.07. The van der Waals surface area contributed by atoms with Crippen molar-refractivity contribution >= 4 is 29.3 Å². The summed E-state index contributed by atoms with van der Waals surface area (Å²) >= 11 is 0. The molecule has 0 aliphatic carbocycles. The van der Waals surface area contributed by atoms with Gasteiger partial charge >= 0.3 is 0 Å². The van der Waals surface area contributed by atoms with Gasteiger partial charge in [-0.3, -0.25) is 29.4 Å². The van der Waals surface area contributed by atoms with Crippen LogP contribution >= 0.6 is 0 Å². The number of carbonyl (C=O) groups is 4. The van der Waals surface area contributed by atoms with Crippen molar-refractivity contribution in [3.05, 3.63) is 59.2 Å². The summed E-state index contributed by atoms with van der Waals surface area (Å²) in [4.78, 5) is 50.4. The van der Waals surface area contributed by atoms with E-state index in [9.17, 15) is 19.2 Å². The average molecular weight is 434 g/mol. The number of ether oxygens (including phenoxy) is 1. The van der Waals surface area contributed by atoms with Crippen LogP contribution in [0, 0.1) is 0 Å². The first-order valence-corrected chi connectivity index (χ1v) is 10.6. The number of carbonyl (C=O) groups excluding carboxylic acids is 4. The second-order valence-electron chi connectivity index (χ2n) is 8.07. The molecule has 3 heterocycles. The third-order valence-corrected chi connectivity index (χ3v) is 5.91. The van der Waals surface area contributed by atoms with Gasteiger partial charge in [0.25, 0.3) is 11.8 Å². The molecular formula is C23H22N4O5. The van der Waals surface area contributed by atoms with Gasteiger partial charge in [0.15, 0.2) is 0 Å². The summed E-state index contributed by atoms with van der Waals surface area (Å²) in [7, 11) is 0. The van der Waals surface area contributed by atoms with Crippen molar-refractivity contribution in [3.8, 4) is 5.75 Å². The van der Waals surface area contributed by atoms with E-state index in [2.05, 4.69) is 16.0 Å². The van der Waals surface area contributed by atoms with Gasteiger partial charge in [0.1, 0.15) is 17.9 Å². The van der Waals surface area contributed by atoms with E-state index in [0.29, 0.717) is 6.54 Å². The Morgan fingerprint density at radius 1 is 1.00 bits per heavy atom. The molecular weight excluding hydrogens is 412 g/mol. The van der Waals surface area contributed by atoms with Crippen LogP contribution in [-0.4, -0.2) is 53.8 Å². The van der Waals surface area contributed by atoms with Crippen LogP contribution in [0.1, 0.15) is 39.1 Å². The molecule has 2 aromatic rings. The maximum atomic E-state index is 13.0. The highest BCUT2D eigenvalue weighted by atomic mass is 16.5. The predicted octanol–water partition coefficient (Wildman–Crippen LogP) is 1.05. The molecule has 2 aromatic carbocycles. The highest BCUT2D eigenvalue weighted by Gasteiger charge is 2.44. The fraction of sp³-hybridized carbons (Fsp3) is 0.304. The number of anilines is 1. The maximum Gasteiger partial charge on any atom is 0.262 e. The Morgan fingerprint density at radius 3 is 2.53 bits per heavy atom. The molecule has 2 saturated heterocycles. The first-order valence-electron chi connectivity index (χ1n) is 10.6. The summed E-state index contributed by atoms with van der Waals surface area (Å²) in [6.45, 7) is 2.06. The first kappa shape index (κ1) is 20.2. The van der Waals surface area contributed by atoms with Gasteiger partial charge in [-0.2, -0.15) is 0 Å². The summed E-state index contributed by atoms with van der Waals surface area (Å²) < 4.78 is 5.98. The molecule has 3 aliphatic heterocycles. The standard InChI is InChI=1S/C23H22N4O5/c28-20-8-7-18(21(29)26-20)27-22(30)15-6-5-13(9-16(15)23(27)31)10-25-17-3-1-2-4-19(17)32-14-11-24-12-14/h1-6,9,14,18,24-25H,7-8,10-12H2,(H,26,28,29). The maximum absolute atomic E-state index is 13.0. The van der Waals surface area contributed by atoms with Crippen molar-refractivity contribution in [2.24, 2.45) is 0 Å². The Labute approximate surface area is 184 Å². The molecule has 0 spiro atoms. The Balaban J connectivity index is 1.31. The molecule has 9 nitrogen and oxygen atoms in total. The topological polar surface area (TPSA) is 117 Å². The number of hydrogen-bond acceptors (Lipinski definition) is 7. The minimum atomic E-state index is -0.966. The number of hydrogen-bond donors (Lipinski definition) is 3. The molecule has 0 aromatic heterocycles. The highest BCUT2D eigenvalue weighted by Crippen LogP contribution is 2.30. The van der Waals surface area contributed by atoms with Gasteiger partial charge in [0.05, 0.1) is 16.8 Å². The zero-order chi connectivity index (χ0) is 22.2. The van der Waals surface area contributed by atoms with Crippen LogP contribution in [0.2, 0.25) is 0 Å². The number of nitrogens with one attached hydrogen (secondary N) is 3. The number of fused-ring (bicyclic) bond motifs is 1. The number of rotatable bonds is 6. The molecule has 4 amide bonds. The fourth-order valence-corrected chi connectivity index (χ4v) is 4.07. The third-order valence-electron chi connectivity index (χ3n) is 5.91. The van der Waals surface area contributed by atoms with Crippen molar-refractivity contribution in [1.29, 1.82) is 0 Å². The predicted molar refractivity (Wildman–Crippen MR) is 114 cm³/mol. The lowest BCUT2D eigenvalue weighted by Crippen LogP contribution is -2.54. The quantitative estimate of drug-likeness (QED) is 0.582. The summed E-state index contributed by atoms with van der Waals surface area (Å²) in [6, 6.07) is 11.8. The molecule has 3 aliphatic rings. The lowest BCUT2D eigenvalue weighted by molar-refractivity contribution is -0.136. The second-order valence-corrected chi connectivity index (χ2v) is 8.07. The minimum Gasteiger partial charge on any atom is -0.486 e.